The monoisotopic (exact) mass is 183 g/mol. The highest BCUT2D eigenvalue weighted by Gasteiger charge is 2.24. The Balaban J connectivity index is 2.00. The van der Waals surface area contributed by atoms with E-state index in [1.807, 2.05) is 0 Å². The van der Waals surface area contributed by atoms with E-state index in [1.165, 1.54) is 4.88 Å². The topological polar surface area (TPSA) is 32.3 Å². The van der Waals surface area contributed by atoms with Crippen LogP contribution in [0.3, 0.4) is 0 Å². The third kappa shape index (κ3) is 1.53. The van der Waals surface area contributed by atoms with Crippen LogP contribution in [0.15, 0.2) is 17.5 Å². The maximum Gasteiger partial charge on any atom is 0.0472 e. The van der Waals surface area contributed by atoms with E-state index in [0.717, 1.165) is 13.0 Å². The van der Waals surface area contributed by atoms with E-state index in [-0.39, 0.29) is 0 Å². The molecule has 0 aliphatic carbocycles. The minimum atomic E-state index is 0.314. The molecular weight excluding hydrogens is 170 g/mol. The average Bonchev–Trinajstić information content (AvgIpc) is 2.75. The van der Waals surface area contributed by atoms with Crippen molar-refractivity contribution < 1.29 is 5.11 Å². The molecule has 0 bridgehead atoms. The number of aliphatic hydroxyl groups is 1. The molecule has 3 heteroatoms. The standard InChI is InChI=1S/C9H13NOS/c11-6-7-4-8(10-5-7)9-2-1-3-12-9/h1-3,7-8,10-11H,4-6H2. The van der Waals surface area contributed by atoms with Gasteiger partial charge in [0.25, 0.3) is 0 Å². The first-order valence-electron chi connectivity index (χ1n) is 4.28. The lowest BCUT2D eigenvalue weighted by molar-refractivity contribution is 0.236. The molecule has 0 amide bonds. The summed E-state index contributed by atoms with van der Waals surface area (Å²) in [5.74, 6) is 0.456. The molecule has 66 valence electrons. The van der Waals surface area contributed by atoms with Crippen LogP contribution in [0.4, 0.5) is 0 Å². The highest BCUT2D eigenvalue weighted by molar-refractivity contribution is 7.10. The molecule has 2 N–H and O–H groups in total. The predicted molar refractivity (Wildman–Crippen MR) is 50.3 cm³/mol. The van der Waals surface area contributed by atoms with Gasteiger partial charge in [0.1, 0.15) is 0 Å². The fraction of sp³-hybridized carbons (Fsp3) is 0.556. The molecule has 1 fully saturated rings. The van der Waals surface area contributed by atoms with Crippen LogP contribution in [0, 0.1) is 5.92 Å². The fourth-order valence-corrected chi connectivity index (χ4v) is 2.47. The van der Waals surface area contributed by atoms with Gasteiger partial charge in [-0.3, -0.25) is 0 Å². The molecule has 2 nitrogen and oxygen atoms in total. The molecule has 0 spiro atoms. The van der Waals surface area contributed by atoms with Gasteiger partial charge in [-0.05, 0) is 23.8 Å². The summed E-state index contributed by atoms with van der Waals surface area (Å²) in [7, 11) is 0. The Hall–Kier alpha value is -0.380. The Labute approximate surface area is 76.2 Å². The lowest BCUT2D eigenvalue weighted by Gasteiger charge is -2.06. The SMILES string of the molecule is OCC1CNC(c2cccs2)C1. The molecule has 1 saturated heterocycles. The van der Waals surface area contributed by atoms with Gasteiger partial charge in [-0.2, -0.15) is 0 Å². The Bertz CT molecular complexity index is 235. The maximum absolute atomic E-state index is 8.94. The first kappa shape index (κ1) is 8.23. The van der Waals surface area contributed by atoms with Crippen molar-refractivity contribution in [2.75, 3.05) is 13.2 Å². The smallest absolute Gasteiger partial charge is 0.0472 e. The zero-order chi connectivity index (χ0) is 8.39. The van der Waals surface area contributed by atoms with Crippen LogP contribution in [0.2, 0.25) is 0 Å². The normalized spacial score (nSPS) is 29.4. The van der Waals surface area contributed by atoms with Gasteiger partial charge in [0.15, 0.2) is 0 Å². The summed E-state index contributed by atoms with van der Waals surface area (Å²) in [5.41, 5.74) is 0. The summed E-state index contributed by atoms with van der Waals surface area (Å²) >= 11 is 1.79. The van der Waals surface area contributed by atoms with Crippen LogP contribution in [0.5, 0.6) is 0 Å². The summed E-state index contributed by atoms with van der Waals surface area (Å²) in [5, 5.41) is 14.5. The number of hydrogen-bond donors (Lipinski definition) is 2. The van der Waals surface area contributed by atoms with Gasteiger partial charge in [-0.25, -0.2) is 0 Å². The van der Waals surface area contributed by atoms with Crippen LogP contribution in [0.25, 0.3) is 0 Å². The first-order valence-corrected chi connectivity index (χ1v) is 5.15. The van der Waals surface area contributed by atoms with Crippen molar-refractivity contribution >= 4 is 11.3 Å². The second-order valence-electron chi connectivity index (χ2n) is 3.26. The molecule has 1 aromatic rings. The zero-order valence-corrected chi connectivity index (χ0v) is 7.68. The molecule has 0 aromatic carbocycles. The quantitative estimate of drug-likeness (QED) is 0.726. The second-order valence-corrected chi connectivity index (χ2v) is 4.24. The van der Waals surface area contributed by atoms with E-state index in [9.17, 15) is 0 Å². The molecular formula is C9H13NOS. The van der Waals surface area contributed by atoms with Crippen molar-refractivity contribution in [3.05, 3.63) is 22.4 Å². The molecule has 2 atom stereocenters. The van der Waals surface area contributed by atoms with E-state index in [0.29, 0.717) is 18.6 Å². The first-order chi connectivity index (χ1) is 5.90. The highest BCUT2D eigenvalue weighted by atomic mass is 32.1. The zero-order valence-electron chi connectivity index (χ0n) is 6.86. The van der Waals surface area contributed by atoms with Gasteiger partial charge in [0.05, 0.1) is 0 Å². The van der Waals surface area contributed by atoms with Gasteiger partial charge in [0.2, 0.25) is 0 Å². The van der Waals surface area contributed by atoms with E-state index < -0.39 is 0 Å². The van der Waals surface area contributed by atoms with Crippen molar-refractivity contribution in [1.82, 2.24) is 5.32 Å². The molecule has 2 heterocycles. The van der Waals surface area contributed by atoms with Crippen molar-refractivity contribution in [2.45, 2.75) is 12.5 Å². The highest BCUT2D eigenvalue weighted by Crippen LogP contribution is 2.29. The molecule has 2 rings (SSSR count). The van der Waals surface area contributed by atoms with Crippen LogP contribution < -0.4 is 5.32 Å². The Morgan fingerprint density at radius 2 is 2.58 bits per heavy atom. The summed E-state index contributed by atoms with van der Waals surface area (Å²) in [6.45, 7) is 1.27. The van der Waals surface area contributed by atoms with E-state index in [1.54, 1.807) is 11.3 Å². The van der Waals surface area contributed by atoms with Crippen molar-refractivity contribution in [3.8, 4) is 0 Å². The maximum atomic E-state index is 8.94. The molecule has 1 aliphatic heterocycles. The van der Waals surface area contributed by atoms with E-state index in [2.05, 4.69) is 22.8 Å². The second kappa shape index (κ2) is 3.56. The summed E-state index contributed by atoms with van der Waals surface area (Å²) in [4.78, 5) is 1.39. The molecule has 0 saturated carbocycles. The van der Waals surface area contributed by atoms with Gasteiger partial charge < -0.3 is 10.4 Å². The Kier molecular flexibility index (Phi) is 2.44. The van der Waals surface area contributed by atoms with Gasteiger partial charge in [-0.1, -0.05) is 6.07 Å². The van der Waals surface area contributed by atoms with Crippen molar-refractivity contribution in [3.63, 3.8) is 0 Å². The van der Waals surface area contributed by atoms with Crippen molar-refractivity contribution in [1.29, 1.82) is 0 Å². The lowest BCUT2D eigenvalue weighted by Crippen LogP contribution is -2.13. The summed E-state index contributed by atoms with van der Waals surface area (Å²) in [6.07, 6.45) is 1.08. The van der Waals surface area contributed by atoms with Gasteiger partial charge in [0, 0.05) is 24.1 Å². The largest absolute Gasteiger partial charge is 0.396 e. The van der Waals surface area contributed by atoms with E-state index >= 15 is 0 Å². The van der Waals surface area contributed by atoms with Gasteiger partial charge in [-0.15, -0.1) is 11.3 Å². The number of nitrogens with one attached hydrogen (secondary N) is 1. The molecule has 12 heavy (non-hydrogen) atoms. The number of rotatable bonds is 2. The van der Waals surface area contributed by atoms with Crippen LogP contribution >= 0.6 is 11.3 Å². The minimum Gasteiger partial charge on any atom is -0.396 e. The Morgan fingerprint density at radius 1 is 1.67 bits per heavy atom. The third-order valence-corrected chi connectivity index (χ3v) is 3.35. The van der Waals surface area contributed by atoms with Crippen LogP contribution in [-0.2, 0) is 0 Å². The van der Waals surface area contributed by atoms with E-state index in [4.69, 9.17) is 5.11 Å². The molecule has 0 radical (unpaired) electrons. The van der Waals surface area contributed by atoms with Gasteiger partial charge >= 0.3 is 0 Å². The average molecular weight is 183 g/mol. The molecule has 1 aromatic heterocycles. The third-order valence-electron chi connectivity index (χ3n) is 2.37. The molecule has 1 aliphatic rings. The number of hydrogen-bond acceptors (Lipinski definition) is 3. The fourth-order valence-electron chi connectivity index (χ4n) is 1.65. The van der Waals surface area contributed by atoms with Crippen LogP contribution in [-0.4, -0.2) is 18.3 Å². The molecule has 2 unspecified atom stereocenters. The Morgan fingerprint density at radius 3 is 3.17 bits per heavy atom. The summed E-state index contributed by atoms with van der Waals surface area (Å²) in [6, 6.07) is 4.72. The van der Waals surface area contributed by atoms with Crippen LogP contribution in [0.1, 0.15) is 17.3 Å². The lowest BCUT2D eigenvalue weighted by atomic mass is 10.1. The predicted octanol–water partition coefficient (Wildman–Crippen LogP) is 1.39. The number of aliphatic hydroxyl groups excluding tert-OH is 1. The van der Waals surface area contributed by atoms with Crippen molar-refractivity contribution in [2.24, 2.45) is 5.92 Å². The minimum absolute atomic E-state index is 0.314. The number of thiophene rings is 1. The summed E-state index contributed by atoms with van der Waals surface area (Å²) < 4.78 is 0.